The Morgan fingerprint density at radius 2 is 1.54 bits per heavy atom. The molecule has 10 heteroatoms. The van der Waals surface area contributed by atoms with Crippen LogP contribution in [0.2, 0.25) is 5.02 Å². The zero-order chi connectivity index (χ0) is 30.4. The van der Waals surface area contributed by atoms with Gasteiger partial charge in [0.1, 0.15) is 18.3 Å². The third kappa shape index (κ3) is 8.47. The van der Waals surface area contributed by atoms with Crippen LogP contribution in [-0.4, -0.2) is 50.4 Å². The molecule has 3 aromatic carbocycles. The number of hydrogen-bond acceptors (Lipinski definition) is 5. The molecule has 220 valence electrons. The predicted molar refractivity (Wildman–Crippen MR) is 163 cm³/mol. The number of anilines is 1. The largest absolute Gasteiger partial charge is 0.497 e. The van der Waals surface area contributed by atoms with Crippen molar-refractivity contribution in [1.82, 2.24) is 10.2 Å². The zero-order valence-corrected chi connectivity index (χ0v) is 25.9. The Morgan fingerprint density at radius 3 is 2.05 bits per heavy atom. The van der Waals surface area contributed by atoms with Crippen LogP contribution >= 0.6 is 11.6 Å². The van der Waals surface area contributed by atoms with Gasteiger partial charge in [-0.25, -0.2) is 8.42 Å². The quantitative estimate of drug-likeness (QED) is 0.311. The Balaban J connectivity index is 2.06. The van der Waals surface area contributed by atoms with Crippen LogP contribution in [0.3, 0.4) is 0 Å². The minimum atomic E-state index is -4.17. The molecule has 0 radical (unpaired) electrons. The standard InChI is InChI=1S/C31H38ClN3O5S/c1-7-28(30(37)33-31(3,4)5)34(20-23-10-16-26(40-6)17-11-23)29(36)21-35(25-14-8-22(2)9-15-25)41(38,39)27-18-12-24(32)13-19-27/h8-19,28H,7,20-21H2,1-6H3,(H,33,37). The number of aryl methyl sites for hydroxylation is 1. The Morgan fingerprint density at radius 1 is 0.951 bits per heavy atom. The molecular weight excluding hydrogens is 562 g/mol. The van der Waals surface area contributed by atoms with Gasteiger partial charge in [0.15, 0.2) is 0 Å². The van der Waals surface area contributed by atoms with E-state index in [2.05, 4.69) is 5.32 Å². The summed E-state index contributed by atoms with van der Waals surface area (Å²) in [5.41, 5.74) is 1.51. The molecule has 1 N–H and O–H groups in total. The summed E-state index contributed by atoms with van der Waals surface area (Å²) in [5.74, 6) is -0.178. The second-order valence-electron chi connectivity index (χ2n) is 10.8. The lowest BCUT2D eigenvalue weighted by molar-refractivity contribution is -0.141. The van der Waals surface area contributed by atoms with Gasteiger partial charge in [-0.3, -0.25) is 13.9 Å². The van der Waals surface area contributed by atoms with Crippen LogP contribution in [0.1, 0.15) is 45.2 Å². The van der Waals surface area contributed by atoms with E-state index in [9.17, 15) is 18.0 Å². The molecule has 0 saturated heterocycles. The van der Waals surface area contributed by atoms with Gasteiger partial charge in [0.05, 0.1) is 17.7 Å². The fourth-order valence-corrected chi connectivity index (χ4v) is 5.81. The smallest absolute Gasteiger partial charge is 0.264 e. The highest BCUT2D eigenvalue weighted by Gasteiger charge is 2.34. The molecule has 0 heterocycles. The van der Waals surface area contributed by atoms with Crippen LogP contribution in [-0.2, 0) is 26.2 Å². The molecule has 0 aliphatic heterocycles. The van der Waals surface area contributed by atoms with Crippen molar-refractivity contribution in [3.8, 4) is 5.75 Å². The van der Waals surface area contributed by atoms with Crippen molar-refractivity contribution in [3.05, 3.63) is 88.9 Å². The summed E-state index contributed by atoms with van der Waals surface area (Å²) in [6, 6.07) is 19.0. The summed E-state index contributed by atoms with van der Waals surface area (Å²) in [5, 5.41) is 3.36. The van der Waals surface area contributed by atoms with Gasteiger partial charge in [0.25, 0.3) is 10.0 Å². The number of benzene rings is 3. The molecular formula is C31H38ClN3O5S. The lowest BCUT2D eigenvalue weighted by Gasteiger charge is -2.34. The Labute approximate surface area is 248 Å². The number of carbonyl (C=O) groups excluding carboxylic acids is 2. The first kappa shape index (κ1) is 32.0. The van der Waals surface area contributed by atoms with Crippen molar-refractivity contribution < 1.29 is 22.7 Å². The molecule has 0 aromatic heterocycles. The average molecular weight is 600 g/mol. The number of carbonyl (C=O) groups is 2. The number of sulfonamides is 1. The van der Waals surface area contributed by atoms with E-state index in [1.165, 1.54) is 29.2 Å². The van der Waals surface area contributed by atoms with E-state index in [0.29, 0.717) is 22.9 Å². The van der Waals surface area contributed by atoms with Crippen molar-refractivity contribution >= 4 is 39.1 Å². The second kappa shape index (κ2) is 13.4. The van der Waals surface area contributed by atoms with E-state index < -0.39 is 34.1 Å². The molecule has 8 nitrogen and oxygen atoms in total. The highest BCUT2D eigenvalue weighted by molar-refractivity contribution is 7.92. The normalized spacial score (nSPS) is 12.4. The van der Waals surface area contributed by atoms with Crippen LogP contribution in [0.5, 0.6) is 5.75 Å². The highest BCUT2D eigenvalue weighted by atomic mass is 35.5. The van der Waals surface area contributed by atoms with Gasteiger partial charge in [-0.15, -0.1) is 0 Å². The minimum absolute atomic E-state index is 0.00510. The van der Waals surface area contributed by atoms with Gasteiger partial charge >= 0.3 is 0 Å². The van der Waals surface area contributed by atoms with Crippen molar-refractivity contribution in [2.75, 3.05) is 18.0 Å². The van der Waals surface area contributed by atoms with Gasteiger partial charge in [-0.1, -0.05) is 48.4 Å². The number of halogens is 1. The van der Waals surface area contributed by atoms with Crippen LogP contribution < -0.4 is 14.4 Å². The summed E-state index contributed by atoms with van der Waals surface area (Å²) in [4.78, 5) is 29.0. The molecule has 0 aliphatic rings. The van der Waals surface area contributed by atoms with E-state index in [0.717, 1.165) is 15.4 Å². The molecule has 3 aromatic rings. The molecule has 3 rings (SSSR count). The Bertz CT molecular complexity index is 1440. The first-order valence-corrected chi connectivity index (χ1v) is 15.2. The maximum absolute atomic E-state index is 14.1. The first-order valence-electron chi connectivity index (χ1n) is 13.3. The number of amides is 2. The van der Waals surface area contributed by atoms with Gasteiger partial charge in [-0.2, -0.15) is 0 Å². The lowest BCUT2D eigenvalue weighted by atomic mass is 10.1. The van der Waals surface area contributed by atoms with Crippen LogP contribution in [0.15, 0.2) is 77.7 Å². The summed E-state index contributed by atoms with van der Waals surface area (Å²) < 4.78 is 34.1. The molecule has 1 unspecified atom stereocenters. The maximum atomic E-state index is 14.1. The van der Waals surface area contributed by atoms with Crippen LogP contribution in [0, 0.1) is 6.92 Å². The fraction of sp³-hybridized carbons (Fsp3) is 0.355. The van der Waals surface area contributed by atoms with Crippen LogP contribution in [0.4, 0.5) is 5.69 Å². The van der Waals surface area contributed by atoms with E-state index in [-0.39, 0.29) is 17.3 Å². The van der Waals surface area contributed by atoms with E-state index in [1.54, 1.807) is 43.5 Å². The molecule has 0 bridgehead atoms. The summed E-state index contributed by atoms with van der Waals surface area (Å²) >= 11 is 6.01. The molecule has 0 aliphatic carbocycles. The summed E-state index contributed by atoms with van der Waals surface area (Å²) in [7, 11) is -2.60. The number of rotatable bonds is 11. The van der Waals surface area contributed by atoms with Gasteiger partial charge in [-0.05, 0) is 88.2 Å². The Hall–Kier alpha value is -3.56. The van der Waals surface area contributed by atoms with Gasteiger partial charge in [0, 0.05) is 17.1 Å². The molecule has 0 fully saturated rings. The molecule has 1 atom stereocenters. The van der Waals surface area contributed by atoms with Crippen LogP contribution in [0.25, 0.3) is 0 Å². The maximum Gasteiger partial charge on any atom is 0.264 e. The monoisotopic (exact) mass is 599 g/mol. The minimum Gasteiger partial charge on any atom is -0.497 e. The topological polar surface area (TPSA) is 96.0 Å². The summed E-state index contributed by atoms with van der Waals surface area (Å²) in [6.07, 6.45) is 0.332. The number of hydrogen-bond donors (Lipinski definition) is 1. The molecule has 0 saturated carbocycles. The van der Waals surface area contributed by atoms with Gasteiger partial charge < -0.3 is 15.0 Å². The number of nitrogens with zero attached hydrogens (tertiary/aromatic N) is 2. The summed E-state index contributed by atoms with van der Waals surface area (Å²) in [6.45, 7) is 8.90. The van der Waals surface area contributed by atoms with Crippen molar-refractivity contribution in [2.45, 2.75) is 64.1 Å². The number of nitrogens with one attached hydrogen (secondary N) is 1. The second-order valence-corrected chi connectivity index (χ2v) is 13.1. The SMILES string of the molecule is CCC(C(=O)NC(C)(C)C)N(Cc1ccc(OC)cc1)C(=O)CN(c1ccc(C)cc1)S(=O)(=O)c1ccc(Cl)cc1. The molecule has 0 spiro atoms. The van der Waals surface area contributed by atoms with Gasteiger partial charge in [0.2, 0.25) is 11.8 Å². The van der Waals surface area contributed by atoms with E-state index >= 15 is 0 Å². The Kier molecular flexibility index (Phi) is 10.4. The number of ether oxygens (including phenoxy) is 1. The fourth-order valence-electron chi connectivity index (χ4n) is 4.27. The molecule has 2 amide bonds. The third-order valence-corrected chi connectivity index (χ3v) is 8.44. The highest BCUT2D eigenvalue weighted by Crippen LogP contribution is 2.26. The zero-order valence-electron chi connectivity index (χ0n) is 24.3. The van der Waals surface area contributed by atoms with E-state index in [4.69, 9.17) is 16.3 Å². The molecule has 41 heavy (non-hydrogen) atoms. The van der Waals surface area contributed by atoms with E-state index in [1.807, 2.05) is 46.8 Å². The van der Waals surface area contributed by atoms with Crippen molar-refractivity contribution in [1.29, 1.82) is 0 Å². The van der Waals surface area contributed by atoms with Crippen molar-refractivity contribution in [3.63, 3.8) is 0 Å². The predicted octanol–water partition coefficient (Wildman–Crippen LogP) is 5.57. The number of methoxy groups -OCH3 is 1. The first-order chi connectivity index (χ1) is 19.2. The third-order valence-electron chi connectivity index (χ3n) is 6.40. The van der Waals surface area contributed by atoms with Crippen molar-refractivity contribution in [2.24, 2.45) is 0 Å². The average Bonchev–Trinajstić information content (AvgIpc) is 2.91. The lowest BCUT2D eigenvalue weighted by Crippen LogP contribution is -2.55.